The van der Waals surface area contributed by atoms with E-state index in [1.807, 2.05) is 0 Å². The maximum Gasteiger partial charge on any atom is 0.146 e. The Morgan fingerprint density at radius 1 is 1.29 bits per heavy atom. The predicted octanol–water partition coefficient (Wildman–Crippen LogP) is 2.95. The molecule has 0 spiro atoms. The van der Waals surface area contributed by atoms with Gasteiger partial charge in [0.15, 0.2) is 0 Å². The van der Waals surface area contributed by atoms with E-state index < -0.39 is 10.8 Å². The highest BCUT2D eigenvalue weighted by atomic mass is 32.2. The second-order valence-corrected chi connectivity index (χ2v) is 10.00. The van der Waals surface area contributed by atoms with Crippen LogP contribution in [-0.4, -0.2) is 38.2 Å². The van der Waals surface area contributed by atoms with Crippen molar-refractivity contribution in [1.29, 1.82) is 0 Å². The Hall–Kier alpha value is -1.01. The summed E-state index contributed by atoms with van der Waals surface area (Å²) in [5.41, 5.74) is 0.813. The molecule has 0 bridgehead atoms. The number of nitrogens with zero attached hydrogens (tertiary/aromatic N) is 2. The van der Waals surface area contributed by atoms with Crippen molar-refractivity contribution >= 4 is 16.6 Å². The van der Waals surface area contributed by atoms with Crippen molar-refractivity contribution in [3.8, 4) is 0 Å². The van der Waals surface area contributed by atoms with E-state index in [9.17, 15) is 4.21 Å². The highest BCUT2D eigenvalue weighted by molar-refractivity contribution is 7.85. The minimum Gasteiger partial charge on any atom is -0.376 e. The van der Waals surface area contributed by atoms with E-state index in [1.54, 1.807) is 0 Å². The average molecular weight is 350 g/mol. The molecule has 1 aromatic rings. The molecule has 24 heavy (non-hydrogen) atoms. The van der Waals surface area contributed by atoms with Gasteiger partial charge in [-0.25, -0.2) is 9.97 Å². The van der Waals surface area contributed by atoms with Crippen LogP contribution in [-0.2, 0) is 27.4 Å². The lowest BCUT2D eigenvalue weighted by molar-refractivity contribution is 0.0496. The van der Waals surface area contributed by atoms with Gasteiger partial charge in [-0.15, -0.1) is 0 Å². The molecule has 2 aliphatic carbocycles. The van der Waals surface area contributed by atoms with Gasteiger partial charge in [-0.1, -0.05) is 20.8 Å². The average Bonchev–Trinajstić information content (AvgIpc) is 3.23. The zero-order valence-corrected chi connectivity index (χ0v) is 15.7. The lowest BCUT2D eigenvalue weighted by Gasteiger charge is -2.43. The monoisotopic (exact) mass is 349 g/mol. The summed E-state index contributed by atoms with van der Waals surface area (Å²) in [5.74, 6) is 2.29. The molecule has 5 nitrogen and oxygen atoms in total. The summed E-state index contributed by atoms with van der Waals surface area (Å²) in [7, 11) is -0.986. The summed E-state index contributed by atoms with van der Waals surface area (Å²) >= 11 is 0. The minimum atomic E-state index is -0.986. The third kappa shape index (κ3) is 3.10. The number of aromatic nitrogens is 2. The van der Waals surface area contributed by atoms with Crippen molar-refractivity contribution in [1.82, 2.24) is 9.97 Å². The van der Waals surface area contributed by atoms with Crippen molar-refractivity contribution in [2.24, 2.45) is 0 Å². The van der Waals surface area contributed by atoms with E-state index >= 15 is 0 Å². The molecule has 132 valence electrons. The van der Waals surface area contributed by atoms with Crippen LogP contribution < -0.4 is 5.32 Å². The van der Waals surface area contributed by atoms with Gasteiger partial charge in [-0.05, 0) is 32.1 Å². The van der Waals surface area contributed by atoms with Crippen molar-refractivity contribution in [3.63, 3.8) is 0 Å². The molecule has 2 saturated carbocycles. The first-order valence-corrected chi connectivity index (χ1v) is 10.4. The highest BCUT2D eigenvalue weighted by Crippen LogP contribution is 2.40. The molecular formula is C18H27N3O2S. The van der Waals surface area contributed by atoms with Gasteiger partial charge in [0, 0.05) is 17.6 Å². The highest BCUT2D eigenvalue weighted by Gasteiger charge is 2.41. The summed E-state index contributed by atoms with van der Waals surface area (Å²) in [6.45, 7) is 7.10. The molecule has 0 saturated heterocycles. The molecule has 0 radical (unpaired) electrons. The standard InChI is InChI=1S/C18H27N3O2S/c1-17(2,3)16-19-13-7-10-24(22)14(13)15(20-16)21-18(8-4-9-18)11-23-12-5-6-12/h12H,4-11H2,1-3H3,(H,19,20,21). The van der Waals surface area contributed by atoms with Crippen LogP contribution in [0, 0.1) is 0 Å². The number of nitrogens with one attached hydrogen (secondary N) is 1. The molecule has 3 aliphatic rings. The minimum absolute atomic E-state index is 0.0351. The number of ether oxygens (including phenoxy) is 1. The van der Waals surface area contributed by atoms with Gasteiger partial charge in [-0.3, -0.25) is 4.21 Å². The normalized spacial score (nSPS) is 25.2. The zero-order chi connectivity index (χ0) is 16.9. The van der Waals surface area contributed by atoms with Gasteiger partial charge in [-0.2, -0.15) is 0 Å². The smallest absolute Gasteiger partial charge is 0.146 e. The first-order valence-electron chi connectivity index (χ1n) is 9.06. The Morgan fingerprint density at radius 3 is 2.62 bits per heavy atom. The van der Waals surface area contributed by atoms with E-state index in [1.165, 1.54) is 19.3 Å². The van der Waals surface area contributed by atoms with Crippen LogP contribution in [0.3, 0.4) is 0 Å². The SMILES string of the molecule is CC(C)(C)c1nc2c(c(NC3(COC4CC4)CCC3)n1)S(=O)CC2. The van der Waals surface area contributed by atoms with E-state index in [0.29, 0.717) is 11.9 Å². The summed E-state index contributed by atoms with van der Waals surface area (Å²) in [4.78, 5) is 10.4. The molecular weight excluding hydrogens is 322 g/mol. The molecule has 2 fully saturated rings. The van der Waals surface area contributed by atoms with E-state index in [2.05, 4.69) is 26.1 Å². The third-order valence-corrected chi connectivity index (χ3v) is 6.63. The van der Waals surface area contributed by atoms with Gasteiger partial charge in [0.05, 0.1) is 34.7 Å². The second kappa shape index (κ2) is 5.77. The number of anilines is 1. The van der Waals surface area contributed by atoms with Gasteiger partial charge >= 0.3 is 0 Å². The maximum absolute atomic E-state index is 12.5. The number of aryl methyl sites for hydroxylation is 1. The van der Waals surface area contributed by atoms with Crippen LogP contribution in [0.4, 0.5) is 5.82 Å². The summed E-state index contributed by atoms with van der Waals surface area (Å²) in [6, 6.07) is 0. The van der Waals surface area contributed by atoms with Crippen LogP contribution in [0.1, 0.15) is 64.4 Å². The molecule has 0 aromatic carbocycles. The van der Waals surface area contributed by atoms with Gasteiger partial charge in [0.25, 0.3) is 0 Å². The van der Waals surface area contributed by atoms with Gasteiger partial charge < -0.3 is 10.1 Å². The van der Waals surface area contributed by atoms with E-state index in [-0.39, 0.29) is 11.0 Å². The fraction of sp³-hybridized carbons (Fsp3) is 0.778. The first kappa shape index (κ1) is 16.5. The fourth-order valence-corrected chi connectivity index (χ4v) is 4.60. The van der Waals surface area contributed by atoms with Crippen molar-refractivity contribution in [3.05, 3.63) is 11.5 Å². The number of hydrogen-bond acceptors (Lipinski definition) is 5. The quantitative estimate of drug-likeness (QED) is 0.885. The zero-order valence-electron chi connectivity index (χ0n) is 14.9. The molecule has 1 aliphatic heterocycles. The van der Waals surface area contributed by atoms with E-state index in [0.717, 1.165) is 48.1 Å². The molecule has 1 atom stereocenters. The van der Waals surface area contributed by atoms with Crippen molar-refractivity contribution < 1.29 is 8.95 Å². The Balaban J connectivity index is 1.65. The van der Waals surface area contributed by atoms with Crippen LogP contribution >= 0.6 is 0 Å². The Labute approximate surface area is 146 Å². The second-order valence-electron chi connectivity index (χ2n) is 8.49. The van der Waals surface area contributed by atoms with Gasteiger partial charge in [0.1, 0.15) is 16.5 Å². The predicted molar refractivity (Wildman–Crippen MR) is 94.9 cm³/mol. The molecule has 1 N–H and O–H groups in total. The lowest BCUT2D eigenvalue weighted by atomic mass is 9.77. The molecule has 1 aromatic heterocycles. The number of hydrogen-bond donors (Lipinski definition) is 1. The van der Waals surface area contributed by atoms with Crippen molar-refractivity contribution in [2.45, 2.75) is 81.2 Å². The Kier molecular flexibility index (Phi) is 3.95. The number of fused-ring (bicyclic) bond motifs is 1. The molecule has 4 rings (SSSR count). The topological polar surface area (TPSA) is 64.1 Å². The largest absolute Gasteiger partial charge is 0.376 e. The summed E-state index contributed by atoms with van der Waals surface area (Å²) < 4.78 is 18.5. The molecule has 1 unspecified atom stereocenters. The van der Waals surface area contributed by atoms with Crippen molar-refractivity contribution in [2.75, 3.05) is 17.7 Å². The van der Waals surface area contributed by atoms with Crippen LogP contribution in [0.5, 0.6) is 0 Å². The summed E-state index contributed by atoms with van der Waals surface area (Å²) in [6.07, 6.45) is 7.03. The molecule has 0 amide bonds. The van der Waals surface area contributed by atoms with Gasteiger partial charge in [0.2, 0.25) is 0 Å². The van der Waals surface area contributed by atoms with Crippen LogP contribution in [0.2, 0.25) is 0 Å². The Bertz CT molecular complexity index is 676. The van der Waals surface area contributed by atoms with Crippen LogP contribution in [0.15, 0.2) is 4.90 Å². The van der Waals surface area contributed by atoms with Crippen LogP contribution in [0.25, 0.3) is 0 Å². The molecule has 6 heteroatoms. The number of rotatable bonds is 5. The Morgan fingerprint density at radius 2 is 2.04 bits per heavy atom. The lowest BCUT2D eigenvalue weighted by Crippen LogP contribution is -2.49. The fourth-order valence-electron chi connectivity index (χ4n) is 3.29. The summed E-state index contributed by atoms with van der Waals surface area (Å²) in [5, 5.41) is 3.65. The first-order chi connectivity index (χ1) is 11.4. The molecule has 2 heterocycles. The maximum atomic E-state index is 12.5. The third-order valence-electron chi connectivity index (χ3n) is 5.17. The van der Waals surface area contributed by atoms with E-state index in [4.69, 9.17) is 14.7 Å².